The molecule has 114 valence electrons. The minimum atomic E-state index is -1.03. The van der Waals surface area contributed by atoms with Gasteiger partial charge in [-0.1, -0.05) is 0 Å². The Balaban J connectivity index is 2.95. The highest BCUT2D eigenvalue weighted by molar-refractivity contribution is 9.11. The van der Waals surface area contributed by atoms with Crippen molar-refractivity contribution in [1.29, 1.82) is 0 Å². The molecule has 0 saturated carbocycles. The summed E-state index contributed by atoms with van der Waals surface area (Å²) in [4.78, 5) is 22.1. The third-order valence-corrected chi connectivity index (χ3v) is 3.53. The molecule has 0 aromatic heterocycles. The Bertz CT molecular complexity index is 545. The number of hydrogen-bond donors (Lipinski definition) is 1. The quantitative estimate of drug-likeness (QED) is 0.560. The second-order valence-corrected chi connectivity index (χ2v) is 5.71. The molecule has 0 spiro atoms. The van der Waals surface area contributed by atoms with Crippen LogP contribution >= 0.6 is 31.9 Å². The lowest BCUT2D eigenvalue weighted by Crippen LogP contribution is -2.26. The predicted octanol–water partition coefficient (Wildman–Crippen LogP) is 3.64. The Morgan fingerprint density at radius 2 is 1.90 bits per heavy atom. The molecule has 0 aliphatic carbocycles. The molecule has 0 saturated heterocycles. The maximum atomic E-state index is 11.6. The van der Waals surface area contributed by atoms with E-state index >= 15 is 0 Å². The van der Waals surface area contributed by atoms with Crippen molar-refractivity contribution in [2.24, 2.45) is 0 Å². The van der Waals surface area contributed by atoms with Crippen LogP contribution in [0.4, 0.5) is 0 Å². The van der Waals surface area contributed by atoms with Crippen LogP contribution in [0.3, 0.4) is 0 Å². The lowest BCUT2D eigenvalue weighted by atomic mass is 10.2. The summed E-state index contributed by atoms with van der Waals surface area (Å²) in [6, 6.07) is 3.38. The predicted molar refractivity (Wildman–Crippen MR) is 85.2 cm³/mol. The first-order valence-electron chi connectivity index (χ1n) is 6.08. The van der Waals surface area contributed by atoms with E-state index in [-0.39, 0.29) is 6.61 Å². The van der Waals surface area contributed by atoms with E-state index in [0.717, 1.165) is 6.08 Å². The summed E-state index contributed by atoms with van der Waals surface area (Å²) in [5.41, 5.74) is 0.673. The topological polar surface area (TPSA) is 72.8 Å². The molecular formula is C14H14Br2O5. The standard InChI is InChI=1S/C14H14Br2O5/c1-3-20-14(19)8(2)21-13-10(15)6-9(7-11(13)16)4-5-12(17)18/h4-8H,3H2,1-2H3,(H,17,18)/b5-4+. The summed E-state index contributed by atoms with van der Waals surface area (Å²) in [7, 11) is 0. The molecule has 1 aromatic carbocycles. The average Bonchev–Trinajstić information content (AvgIpc) is 2.40. The number of carboxylic acid groups (broad SMARTS) is 1. The summed E-state index contributed by atoms with van der Waals surface area (Å²) in [6.07, 6.45) is 1.74. The van der Waals surface area contributed by atoms with E-state index in [4.69, 9.17) is 14.6 Å². The molecule has 1 atom stereocenters. The van der Waals surface area contributed by atoms with Gasteiger partial charge in [0.05, 0.1) is 15.6 Å². The molecule has 0 fully saturated rings. The first-order valence-corrected chi connectivity index (χ1v) is 7.67. The minimum absolute atomic E-state index is 0.286. The van der Waals surface area contributed by atoms with Gasteiger partial charge in [0.1, 0.15) is 5.75 Å². The average molecular weight is 422 g/mol. The van der Waals surface area contributed by atoms with Gasteiger partial charge in [0, 0.05) is 6.08 Å². The second kappa shape index (κ2) is 8.19. The largest absolute Gasteiger partial charge is 0.478 e. The first-order chi connectivity index (χ1) is 9.85. The molecule has 21 heavy (non-hydrogen) atoms. The third kappa shape index (κ3) is 5.51. The van der Waals surface area contributed by atoms with E-state index in [9.17, 15) is 9.59 Å². The molecule has 0 radical (unpaired) electrons. The number of carbonyl (C=O) groups is 2. The van der Waals surface area contributed by atoms with Crippen molar-refractivity contribution in [2.75, 3.05) is 6.61 Å². The molecule has 1 rings (SSSR count). The van der Waals surface area contributed by atoms with Gasteiger partial charge in [-0.2, -0.15) is 0 Å². The summed E-state index contributed by atoms with van der Waals surface area (Å²) < 4.78 is 11.6. The van der Waals surface area contributed by atoms with Crippen molar-refractivity contribution < 1.29 is 24.2 Å². The Morgan fingerprint density at radius 1 is 1.33 bits per heavy atom. The van der Waals surface area contributed by atoms with Crippen LogP contribution in [0.2, 0.25) is 0 Å². The molecular weight excluding hydrogens is 408 g/mol. The fraction of sp³-hybridized carbons (Fsp3) is 0.286. The zero-order valence-corrected chi connectivity index (χ0v) is 14.6. The van der Waals surface area contributed by atoms with Crippen molar-refractivity contribution in [1.82, 2.24) is 0 Å². The van der Waals surface area contributed by atoms with E-state index in [1.165, 1.54) is 6.08 Å². The molecule has 7 heteroatoms. The maximum Gasteiger partial charge on any atom is 0.347 e. The van der Waals surface area contributed by atoms with Gasteiger partial charge in [-0.05, 0) is 69.5 Å². The lowest BCUT2D eigenvalue weighted by Gasteiger charge is -2.16. The van der Waals surface area contributed by atoms with E-state index in [1.807, 2.05) is 0 Å². The minimum Gasteiger partial charge on any atom is -0.478 e. The molecule has 1 N–H and O–H groups in total. The highest BCUT2D eigenvalue weighted by Gasteiger charge is 2.19. The van der Waals surface area contributed by atoms with E-state index in [1.54, 1.807) is 26.0 Å². The van der Waals surface area contributed by atoms with Crippen LogP contribution in [-0.4, -0.2) is 29.8 Å². The van der Waals surface area contributed by atoms with Crippen molar-refractivity contribution in [3.8, 4) is 5.75 Å². The van der Waals surface area contributed by atoms with Crippen molar-refractivity contribution in [3.63, 3.8) is 0 Å². The van der Waals surface area contributed by atoms with E-state index in [0.29, 0.717) is 20.3 Å². The molecule has 0 bridgehead atoms. The number of carbonyl (C=O) groups excluding carboxylic acids is 1. The molecule has 0 aliphatic rings. The van der Waals surface area contributed by atoms with Crippen LogP contribution in [-0.2, 0) is 14.3 Å². The van der Waals surface area contributed by atoms with Crippen LogP contribution in [0.1, 0.15) is 19.4 Å². The van der Waals surface area contributed by atoms with Crippen LogP contribution in [0.15, 0.2) is 27.2 Å². The molecule has 0 amide bonds. The van der Waals surface area contributed by atoms with Crippen molar-refractivity contribution in [2.45, 2.75) is 20.0 Å². The third-order valence-electron chi connectivity index (χ3n) is 2.35. The van der Waals surface area contributed by atoms with Gasteiger partial charge in [0.25, 0.3) is 0 Å². The number of carboxylic acids is 1. The summed E-state index contributed by atoms with van der Waals surface area (Å²) in [6.45, 7) is 3.60. The summed E-state index contributed by atoms with van der Waals surface area (Å²) in [5.74, 6) is -1.03. The number of aliphatic carboxylic acids is 1. The van der Waals surface area contributed by atoms with Crippen molar-refractivity contribution in [3.05, 3.63) is 32.7 Å². The zero-order chi connectivity index (χ0) is 16.0. The van der Waals surface area contributed by atoms with Crippen LogP contribution in [0.5, 0.6) is 5.75 Å². The lowest BCUT2D eigenvalue weighted by molar-refractivity contribution is -0.150. The zero-order valence-electron chi connectivity index (χ0n) is 11.4. The normalized spacial score (nSPS) is 12.2. The van der Waals surface area contributed by atoms with Crippen LogP contribution in [0, 0.1) is 0 Å². The highest BCUT2D eigenvalue weighted by Crippen LogP contribution is 2.36. The summed E-state index contributed by atoms with van der Waals surface area (Å²) >= 11 is 6.67. The Morgan fingerprint density at radius 3 is 2.38 bits per heavy atom. The van der Waals surface area contributed by atoms with Crippen LogP contribution < -0.4 is 4.74 Å². The van der Waals surface area contributed by atoms with E-state index in [2.05, 4.69) is 31.9 Å². The molecule has 0 heterocycles. The molecule has 1 aromatic rings. The molecule has 0 aliphatic heterocycles. The van der Waals surface area contributed by atoms with Crippen LogP contribution in [0.25, 0.3) is 6.08 Å². The van der Waals surface area contributed by atoms with Gasteiger partial charge in [0.2, 0.25) is 0 Å². The fourth-order valence-electron chi connectivity index (χ4n) is 1.44. The Labute approximate surface area is 139 Å². The summed E-state index contributed by atoms with van der Waals surface area (Å²) in [5, 5.41) is 8.61. The van der Waals surface area contributed by atoms with Gasteiger partial charge in [-0.15, -0.1) is 0 Å². The smallest absolute Gasteiger partial charge is 0.347 e. The number of benzene rings is 1. The number of hydrogen-bond acceptors (Lipinski definition) is 4. The SMILES string of the molecule is CCOC(=O)C(C)Oc1c(Br)cc(/C=C/C(=O)O)cc1Br. The fourth-order valence-corrected chi connectivity index (χ4v) is 2.85. The van der Waals surface area contributed by atoms with Gasteiger partial charge in [0.15, 0.2) is 6.10 Å². The number of ether oxygens (including phenoxy) is 2. The monoisotopic (exact) mass is 420 g/mol. The van der Waals surface area contributed by atoms with Gasteiger partial charge >= 0.3 is 11.9 Å². The second-order valence-electron chi connectivity index (χ2n) is 4.00. The van der Waals surface area contributed by atoms with Gasteiger partial charge in [-0.25, -0.2) is 9.59 Å². The highest BCUT2D eigenvalue weighted by atomic mass is 79.9. The maximum absolute atomic E-state index is 11.6. The number of halogens is 2. The van der Waals surface area contributed by atoms with Crippen molar-refractivity contribution >= 4 is 49.9 Å². The number of rotatable bonds is 6. The van der Waals surface area contributed by atoms with E-state index < -0.39 is 18.0 Å². The number of esters is 1. The van der Waals surface area contributed by atoms with Gasteiger partial charge in [-0.3, -0.25) is 0 Å². The molecule has 1 unspecified atom stereocenters. The Hall–Kier alpha value is -1.34. The van der Waals surface area contributed by atoms with Gasteiger partial charge < -0.3 is 14.6 Å². The Kier molecular flexibility index (Phi) is 6.91. The molecule has 5 nitrogen and oxygen atoms in total. The first kappa shape index (κ1) is 17.7.